The minimum Gasteiger partial charge on any atom is -0.465 e. The number of carbonyl (C=O) groups excluding carboxylic acids is 1. The molecule has 1 aromatic rings. The highest BCUT2D eigenvalue weighted by atomic mass is 32.1. The smallest absolute Gasteiger partial charge is 0.317 e. The van der Waals surface area contributed by atoms with Crippen LogP contribution >= 0.6 is 11.3 Å². The Hall–Kier alpha value is -1.10. The van der Waals surface area contributed by atoms with E-state index in [4.69, 9.17) is 9.72 Å². The number of hydrogen-bond donors (Lipinski definition) is 0. The molecule has 1 aliphatic rings. The number of hydrogen-bond acceptors (Lipinski definition) is 5. The number of anilines is 1. The zero-order valence-electron chi connectivity index (χ0n) is 13.4. The van der Waals surface area contributed by atoms with Crippen molar-refractivity contribution < 1.29 is 9.53 Å². The van der Waals surface area contributed by atoms with E-state index in [1.54, 1.807) is 11.3 Å². The molecule has 5 heteroatoms. The Morgan fingerprint density at radius 2 is 1.90 bits per heavy atom. The highest BCUT2D eigenvalue weighted by Crippen LogP contribution is 2.31. The molecule has 0 amide bonds. The summed E-state index contributed by atoms with van der Waals surface area (Å²) in [6.45, 7) is 8.17. The fourth-order valence-corrected chi connectivity index (χ4v) is 3.60. The molecule has 4 nitrogen and oxygen atoms in total. The highest BCUT2D eigenvalue weighted by Gasteiger charge is 2.34. The van der Waals surface area contributed by atoms with Crippen molar-refractivity contribution in [3.8, 4) is 0 Å². The summed E-state index contributed by atoms with van der Waals surface area (Å²) in [7, 11) is 0. The van der Waals surface area contributed by atoms with E-state index in [9.17, 15) is 4.79 Å². The van der Waals surface area contributed by atoms with E-state index in [2.05, 4.69) is 4.90 Å². The Morgan fingerprint density at radius 3 is 2.52 bits per heavy atom. The molecule has 1 aromatic heterocycles. The molecule has 1 fully saturated rings. The lowest BCUT2D eigenvalue weighted by Crippen LogP contribution is -2.32. The molecule has 0 radical (unpaired) electrons. The van der Waals surface area contributed by atoms with Crippen LogP contribution in [0.4, 0.5) is 5.13 Å². The standard InChI is InChI=1S/C16H26N2O2S/c1-4-20-14(19)16(2,3)13-12-21-15(17-13)18-10-8-6-5-7-9-11-18/h12H,4-11H2,1-3H3. The van der Waals surface area contributed by atoms with Crippen LogP contribution in [0, 0.1) is 0 Å². The average Bonchev–Trinajstić information content (AvgIpc) is 2.88. The van der Waals surface area contributed by atoms with Gasteiger partial charge in [-0.2, -0.15) is 0 Å². The second-order valence-electron chi connectivity index (χ2n) is 6.12. The van der Waals surface area contributed by atoms with Crippen LogP contribution in [0.25, 0.3) is 0 Å². The van der Waals surface area contributed by atoms with Crippen molar-refractivity contribution in [2.24, 2.45) is 0 Å². The van der Waals surface area contributed by atoms with E-state index in [-0.39, 0.29) is 5.97 Å². The molecule has 21 heavy (non-hydrogen) atoms. The van der Waals surface area contributed by atoms with Crippen LogP contribution in [0.2, 0.25) is 0 Å². The van der Waals surface area contributed by atoms with Crippen LogP contribution in [0.5, 0.6) is 0 Å². The molecular formula is C16H26N2O2S. The topological polar surface area (TPSA) is 42.4 Å². The first kappa shape index (κ1) is 16.3. The molecule has 0 unspecified atom stereocenters. The summed E-state index contributed by atoms with van der Waals surface area (Å²) in [5.74, 6) is -0.200. The molecule has 0 N–H and O–H groups in total. The first-order valence-electron chi connectivity index (χ1n) is 7.94. The summed E-state index contributed by atoms with van der Waals surface area (Å²) in [6, 6.07) is 0. The molecular weight excluding hydrogens is 284 g/mol. The third-order valence-electron chi connectivity index (χ3n) is 4.04. The van der Waals surface area contributed by atoms with Gasteiger partial charge in [0.25, 0.3) is 0 Å². The minimum atomic E-state index is -0.673. The number of ether oxygens (including phenoxy) is 1. The molecule has 0 spiro atoms. The van der Waals surface area contributed by atoms with Gasteiger partial charge in [0.2, 0.25) is 0 Å². The Labute approximate surface area is 131 Å². The summed E-state index contributed by atoms with van der Waals surface area (Å²) >= 11 is 1.64. The van der Waals surface area contributed by atoms with Gasteiger partial charge in [-0.05, 0) is 33.6 Å². The fourth-order valence-electron chi connectivity index (χ4n) is 2.55. The van der Waals surface area contributed by atoms with Crippen LogP contribution in [0.3, 0.4) is 0 Å². The third kappa shape index (κ3) is 3.96. The summed E-state index contributed by atoms with van der Waals surface area (Å²) in [6.07, 6.45) is 6.44. The third-order valence-corrected chi connectivity index (χ3v) is 4.95. The molecule has 0 bridgehead atoms. The highest BCUT2D eigenvalue weighted by molar-refractivity contribution is 7.13. The van der Waals surface area contributed by atoms with Crippen LogP contribution in [0.15, 0.2) is 5.38 Å². The predicted molar refractivity (Wildman–Crippen MR) is 87.1 cm³/mol. The Kier molecular flexibility index (Phi) is 5.62. The summed E-state index contributed by atoms with van der Waals surface area (Å²) in [5, 5.41) is 3.05. The van der Waals surface area contributed by atoms with Crippen molar-refractivity contribution >= 4 is 22.4 Å². The maximum atomic E-state index is 12.1. The molecule has 2 heterocycles. The van der Waals surface area contributed by atoms with Crippen molar-refractivity contribution in [2.45, 2.75) is 58.3 Å². The lowest BCUT2D eigenvalue weighted by Gasteiger charge is -2.24. The summed E-state index contributed by atoms with van der Waals surface area (Å²) in [4.78, 5) is 19.2. The maximum Gasteiger partial charge on any atom is 0.317 e. The van der Waals surface area contributed by atoms with Gasteiger partial charge in [-0.25, -0.2) is 4.98 Å². The van der Waals surface area contributed by atoms with E-state index in [0.29, 0.717) is 6.61 Å². The first-order valence-corrected chi connectivity index (χ1v) is 8.82. The van der Waals surface area contributed by atoms with E-state index in [1.807, 2.05) is 26.2 Å². The van der Waals surface area contributed by atoms with Crippen LogP contribution in [-0.4, -0.2) is 30.6 Å². The normalized spacial score (nSPS) is 17.2. The number of thiazole rings is 1. The van der Waals surface area contributed by atoms with Crippen LogP contribution in [-0.2, 0) is 14.9 Å². The number of rotatable bonds is 4. The number of aromatic nitrogens is 1. The largest absolute Gasteiger partial charge is 0.465 e. The lowest BCUT2D eigenvalue weighted by molar-refractivity contribution is -0.148. The molecule has 1 saturated heterocycles. The molecule has 1 aliphatic heterocycles. The first-order chi connectivity index (χ1) is 10.1. The van der Waals surface area contributed by atoms with Crippen molar-refractivity contribution in [1.82, 2.24) is 4.98 Å². The molecule has 118 valence electrons. The second kappa shape index (κ2) is 7.25. The fraction of sp³-hybridized carbons (Fsp3) is 0.750. The molecule has 0 atom stereocenters. The van der Waals surface area contributed by atoms with Gasteiger partial charge in [0.1, 0.15) is 5.41 Å². The number of nitrogens with zero attached hydrogens (tertiary/aromatic N) is 2. The van der Waals surface area contributed by atoms with Crippen LogP contribution < -0.4 is 4.90 Å². The van der Waals surface area contributed by atoms with E-state index >= 15 is 0 Å². The van der Waals surface area contributed by atoms with E-state index in [0.717, 1.165) is 23.9 Å². The summed E-state index contributed by atoms with van der Waals surface area (Å²) < 4.78 is 5.16. The lowest BCUT2D eigenvalue weighted by atomic mass is 9.90. The quantitative estimate of drug-likeness (QED) is 0.794. The van der Waals surface area contributed by atoms with E-state index in [1.165, 1.54) is 32.1 Å². The molecule has 0 aliphatic carbocycles. The van der Waals surface area contributed by atoms with Crippen molar-refractivity contribution in [2.75, 3.05) is 24.6 Å². The molecule has 2 rings (SSSR count). The van der Waals surface area contributed by atoms with Crippen LogP contribution in [0.1, 0.15) is 58.6 Å². The Bertz CT molecular complexity index is 463. The van der Waals surface area contributed by atoms with Gasteiger partial charge in [0, 0.05) is 18.5 Å². The maximum absolute atomic E-state index is 12.1. The van der Waals surface area contributed by atoms with Gasteiger partial charge in [-0.1, -0.05) is 19.3 Å². The molecule has 0 saturated carbocycles. The predicted octanol–water partition coefficient (Wildman–Crippen LogP) is 3.75. The van der Waals surface area contributed by atoms with Crippen molar-refractivity contribution in [1.29, 1.82) is 0 Å². The van der Waals surface area contributed by atoms with Crippen molar-refractivity contribution in [3.05, 3.63) is 11.1 Å². The Balaban J connectivity index is 2.10. The van der Waals surface area contributed by atoms with Gasteiger partial charge in [0.05, 0.1) is 12.3 Å². The monoisotopic (exact) mass is 310 g/mol. The number of esters is 1. The average molecular weight is 310 g/mol. The number of carbonyl (C=O) groups is 1. The Morgan fingerprint density at radius 1 is 1.29 bits per heavy atom. The molecule has 0 aromatic carbocycles. The zero-order chi connectivity index (χ0) is 15.3. The minimum absolute atomic E-state index is 0.200. The summed E-state index contributed by atoms with van der Waals surface area (Å²) in [5.41, 5.74) is 0.149. The van der Waals surface area contributed by atoms with Gasteiger partial charge in [-0.15, -0.1) is 11.3 Å². The van der Waals surface area contributed by atoms with Gasteiger partial charge in [-0.3, -0.25) is 4.79 Å². The van der Waals surface area contributed by atoms with Crippen molar-refractivity contribution in [3.63, 3.8) is 0 Å². The van der Waals surface area contributed by atoms with Gasteiger partial charge < -0.3 is 9.64 Å². The zero-order valence-corrected chi connectivity index (χ0v) is 14.2. The second-order valence-corrected chi connectivity index (χ2v) is 6.95. The SMILES string of the molecule is CCOC(=O)C(C)(C)c1csc(N2CCCCCCC2)n1. The van der Waals surface area contributed by atoms with Gasteiger partial charge >= 0.3 is 5.97 Å². The van der Waals surface area contributed by atoms with E-state index < -0.39 is 5.41 Å². The van der Waals surface area contributed by atoms with Gasteiger partial charge in [0.15, 0.2) is 5.13 Å².